The van der Waals surface area contributed by atoms with E-state index in [9.17, 15) is 9.50 Å². The van der Waals surface area contributed by atoms with Gasteiger partial charge in [0.25, 0.3) is 0 Å². The van der Waals surface area contributed by atoms with Crippen molar-refractivity contribution in [3.8, 4) is 5.75 Å². The van der Waals surface area contributed by atoms with Crippen molar-refractivity contribution < 1.29 is 14.2 Å². The van der Waals surface area contributed by atoms with Crippen LogP contribution < -0.4 is 10.1 Å². The van der Waals surface area contributed by atoms with Crippen molar-refractivity contribution in [1.82, 2.24) is 14.7 Å². The number of benzene rings is 1. The first-order valence-electron chi connectivity index (χ1n) is 8.17. The van der Waals surface area contributed by atoms with Gasteiger partial charge in [-0.15, -0.1) is 0 Å². The number of nitrogens with zero attached hydrogens (tertiary/aromatic N) is 2. The standard InChI is InChI=1S/C19H22FN3O2/c1-12-4-5-14(8-17(12)20)19(24)13(2)21-10-15-11-22-18-9-16(25-3)6-7-23(15)18/h4-9,11,13,19,21,24H,10H2,1-3H3. The van der Waals surface area contributed by atoms with E-state index in [2.05, 4.69) is 10.3 Å². The fourth-order valence-electron chi connectivity index (χ4n) is 2.73. The summed E-state index contributed by atoms with van der Waals surface area (Å²) in [5, 5.41) is 13.7. The van der Waals surface area contributed by atoms with Crippen LogP contribution in [0.5, 0.6) is 5.75 Å². The molecule has 0 bridgehead atoms. The lowest BCUT2D eigenvalue weighted by Crippen LogP contribution is -2.32. The third-order valence-electron chi connectivity index (χ3n) is 4.41. The summed E-state index contributed by atoms with van der Waals surface area (Å²) in [6, 6.07) is 8.30. The molecule has 0 aliphatic heterocycles. The summed E-state index contributed by atoms with van der Waals surface area (Å²) in [4.78, 5) is 4.36. The van der Waals surface area contributed by atoms with Crippen molar-refractivity contribution in [2.24, 2.45) is 0 Å². The predicted molar refractivity (Wildman–Crippen MR) is 94.1 cm³/mol. The average molecular weight is 343 g/mol. The molecule has 0 radical (unpaired) electrons. The first-order valence-corrected chi connectivity index (χ1v) is 8.17. The number of methoxy groups -OCH3 is 1. The van der Waals surface area contributed by atoms with Gasteiger partial charge >= 0.3 is 0 Å². The van der Waals surface area contributed by atoms with Crippen LogP contribution in [-0.2, 0) is 6.54 Å². The molecule has 5 nitrogen and oxygen atoms in total. The maximum atomic E-state index is 13.7. The molecule has 1 aromatic carbocycles. The van der Waals surface area contributed by atoms with Crippen molar-refractivity contribution in [3.05, 3.63) is 65.4 Å². The zero-order valence-electron chi connectivity index (χ0n) is 14.5. The average Bonchev–Trinajstić information content (AvgIpc) is 3.03. The summed E-state index contributed by atoms with van der Waals surface area (Å²) in [7, 11) is 1.62. The number of fused-ring (bicyclic) bond motifs is 1. The number of aliphatic hydroxyl groups excluding tert-OH is 1. The molecule has 0 aliphatic carbocycles. The number of aromatic nitrogens is 2. The highest BCUT2D eigenvalue weighted by molar-refractivity contribution is 5.45. The van der Waals surface area contributed by atoms with Crippen LogP contribution in [0.1, 0.15) is 29.8 Å². The summed E-state index contributed by atoms with van der Waals surface area (Å²) in [6.07, 6.45) is 2.88. The SMILES string of the molecule is COc1ccn2c(CNC(C)C(O)c3ccc(C)c(F)c3)cnc2c1. The number of aryl methyl sites for hydroxylation is 1. The minimum absolute atomic E-state index is 0.245. The number of imidazole rings is 1. The molecule has 25 heavy (non-hydrogen) atoms. The number of ether oxygens (including phenoxy) is 1. The van der Waals surface area contributed by atoms with E-state index in [0.29, 0.717) is 17.7 Å². The lowest BCUT2D eigenvalue weighted by atomic mass is 10.0. The highest BCUT2D eigenvalue weighted by Gasteiger charge is 2.17. The molecule has 0 fully saturated rings. The highest BCUT2D eigenvalue weighted by atomic mass is 19.1. The van der Waals surface area contributed by atoms with Gasteiger partial charge in [0, 0.05) is 24.8 Å². The molecule has 2 atom stereocenters. The molecular formula is C19H22FN3O2. The Hall–Kier alpha value is -2.44. The Morgan fingerprint density at radius 2 is 2.12 bits per heavy atom. The van der Waals surface area contributed by atoms with Crippen molar-refractivity contribution in [2.75, 3.05) is 7.11 Å². The van der Waals surface area contributed by atoms with Crippen molar-refractivity contribution in [1.29, 1.82) is 0 Å². The summed E-state index contributed by atoms with van der Waals surface area (Å²) >= 11 is 0. The second-order valence-electron chi connectivity index (χ2n) is 6.17. The van der Waals surface area contributed by atoms with E-state index >= 15 is 0 Å². The molecular weight excluding hydrogens is 321 g/mol. The van der Waals surface area contributed by atoms with Crippen LogP contribution >= 0.6 is 0 Å². The first kappa shape index (κ1) is 17.4. The van der Waals surface area contributed by atoms with Crippen LogP contribution in [0.25, 0.3) is 5.65 Å². The van der Waals surface area contributed by atoms with Crippen molar-refractivity contribution in [2.45, 2.75) is 32.5 Å². The zero-order valence-corrected chi connectivity index (χ0v) is 14.5. The molecule has 0 saturated heterocycles. The number of hydrogen-bond donors (Lipinski definition) is 2. The fraction of sp³-hybridized carbons (Fsp3) is 0.316. The maximum absolute atomic E-state index is 13.7. The molecule has 6 heteroatoms. The third kappa shape index (κ3) is 3.65. The van der Waals surface area contributed by atoms with E-state index in [1.54, 1.807) is 32.4 Å². The predicted octanol–water partition coefficient (Wildman–Crippen LogP) is 3.00. The van der Waals surface area contributed by atoms with Gasteiger partial charge in [-0.1, -0.05) is 12.1 Å². The van der Waals surface area contributed by atoms with Crippen molar-refractivity contribution in [3.63, 3.8) is 0 Å². The quantitative estimate of drug-likeness (QED) is 0.722. The number of hydrogen-bond acceptors (Lipinski definition) is 4. The van der Waals surface area contributed by atoms with Crippen LogP contribution in [0.4, 0.5) is 4.39 Å². The number of halogens is 1. The Morgan fingerprint density at radius 3 is 2.84 bits per heavy atom. The van der Waals surface area contributed by atoms with Crippen LogP contribution in [0, 0.1) is 12.7 Å². The lowest BCUT2D eigenvalue weighted by molar-refractivity contribution is 0.134. The van der Waals surface area contributed by atoms with E-state index < -0.39 is 6.10 Å². The molecule has 2 unspecified atom stereocenters. The second-order valence-corrected chi connectivity index (χ2v) is 6.17. The lowest BCUT2D eigenvalue weighted by Gasteiger charge is -2.21. The van der Waals surface area contributed by atoms with E-state index in [0.717, 1.165) is 17.1 Å². The van der Waals surface area contributed by atoms with E-state index in [1.165, 1.54) is 6.07 Å². The molecule has 3 rings (SSSR count). The van der Waals surface area contributed by atoms with Gasteiger partial charge in [0.2, 0.25) is 0 Å². The fourth-order valence-corrected chi connectivity index (χ4v) is 2.73. The minimum Gasteiger partial charge on any atom is -0.497 e. The van der Waals surface area contributed by atoms with Gasteiger partial charge in [-0.05, 0) is 37.1 Å². The maximum Gasteiger partial charge on any atom is 0.140 e. The summed E-state index contributed by atoms with van der Waals surface area (Å²) in [5.74, 6) is 0.447. The van der Waals surface area contributed by atoms with Crippen molar-refractivity contribution >= 4 is 5.65 Å². The summed E-state index contributed by atoms with van der Waals surface area (Å²) in [6.45, 7) is 4.10. The Balaban J connectivity index is 1.69. The molecule has 2 heterocycles. The number of aliphatic hydroxyl groups is 1. The Kier molecular flexibility index (Phi) is 5.01. The van der Waals surface area contributed by atoms with Crippen LogP contribution in [0.15, 0.2) is 42.7 Å². The van der Waals surface area contributed by atoms with Crippen LogP contribution in [-0.4, -0.2) is 27.6 Å². The Morgan fingerprint density at radius 1 is 1.32 bits per heavy atom. The van der Waals surface area contributed by atoms with Gasteiger partial charge in [0.15, 0.2) is 0 Å². The van der Waals surface area contributed by atoms with E-state index in [1.807, 2.05) is 29.7 Å². The highest BCUT2D eigenvalue weighted by Crippen LogP contribution is 2.20. The van der Waals surface area contributed by atoms with Gasteiger partial charge in [-0.25, -0.2) is 9.37 Å². The molecule has 132 valence electrons. The second kappa shape index (κ2) is 7.21. The topological polar surface area (TPSA) is 58.8 Å². The molecule has 0 amide bonds. The molecule has 2 N–H and O–H groups in total. The monoisotopic (exact) mass is 343 g/mol. The van der Waals surface area contributed by atoms with E-state index in [4.69, 9.17) is 4.74 Å². The van der Waals surface area contributed by atoms with Gasteiger partial charge in [0.05, 0.1) is 25.1 Å². The molecule has 2 aromatic heterocycles. The normalized spacial score (nSPS) is 13.8. The third-order valence-corrected chi connectivity index (χ3v) is 4.41. The molecule has 0 aliphatic rings. The van der Waals surface area contributed by atoms with Crippen LogP contribution in [0.2, 0.25) is 0 Å². The first-order chi connectivity index (χ1) is 12.0. The number of rotatable bonds is 6. The Labute approximate surface area is 146 Å². The molecule has 3 aromatic rings. The number of nitrogens with one attached hydrogen (secondary N) is 1. The number of pyridine rings is 1. The van der Waals surface area contributed by atoms with Gasteiger partial charge < -0.3 is 19.6 Å². The minimum atomic E-state index is -0.797. The van der Waals surface area contributed by atoms with Gasteiger partial charge in [0.1, 0.15) is 17.2 Å². The summed E-state index contributed by atoms with van der Waals surface area (Å²) < 4.78 is 20.8. The van der Waals surface area contributed by atoms with Gasteiger partial charge in [-0.3, -0.25) is 0 Å². The van der Waals surface area contributed by atoms with Gasteiger partial charge in [-0.2, -0.15) is 0 Å². The largest absolute Gasteiger partial charge is 0.497 e. The Bertz CT molecular complexity index is 878. The smallest absolute Gasteiger partial charge is 0.140 e. The van der Waals surface area contributed by atoms with Crippen LogP contribution in [0.3, 0.4) is 0 Å². The molecule has 0 spiro atoms. The molecule has 0 saturated carbocycles. The zero-order chi connectivity index (χ0) is 18.0. The van der Waals surface area contributed by atoms with E-state index in [-0.39, 0.29) is 11.9 Å². The summed E-state index contributed by atoms with van der Waals surface area (Å²) in [5.41, 5.74) is 2.89.